The van der Waals surface area contributed by atoms with Crippen molar-refractivity contribution in [2.45, 2.75) is 27.3 Å². The number of anilines is 1. The summed E-state index contributed by atoms with van der Waals surface area (Å²) in [6.07, 6.45) is 0. The van der Waals surface area contributed by atoms with Crippen LogP contribution in [0.3, 0.4) is 0 Å². The molecule has 0 saturated heterocycles. The van der Waals surface area contributed by atoms with E-state index in [2.05, 4.69) is 10.2 Å². The average molecular weight is 286 g/mol. The Balaban J connectivity index is 2.20. The Bertz CT molecular complexity index is 657. The molecule has 4 heteroatoms. The van der Waals surface area contributed by atoms with Gasteiger partial charge < -0.3 is 14.6 Å². The van der Waals surface area contributed by atoms with E-state index in [0.717, 1.165) is 29.1 Å². The third-order valence-electron chi connectivity index (χ3n) is 3.47. The summed E-state index contributed by atoms with van der Waals surface area (Å²) >= 11 is 0. The molecular formula is C17H22N2O2. The fourth-order valence-electron chi connectivity index (χ4n) is 2.43. The van der Waals surface area contributed by atoms with Crippen molar-refractivity contribution in [3.8, 4) is 0 Å². The highest BCUT2D eigenvalue weighted by Crippen LogP contribution is 2.22. The van der Waals surface area contributed by atoms with Crippen LogP contribution in [-0.4, -0.2) is 24.9 Å². The fraction of sp³-hybridized carbons (Fsp3) is 0.353. The molecule has 112 valence electrons. The third kappa shape index (κ3) is 3.52. The predicted octanol–water partition coefficient (Wildman–Crippen LogP) is 3.52. The highest BCUT2D eigenvalue weighted by atomic mass is 16.3. The Labute approximate surface area is 125 Å². The zero-order chi connectivity index (χ0) is 15.6. The van der Waals surface area contributed by atoms with Gasteiger partial charge in [0.25, 0.3) is 5.91 Å². The number of benzene rings is 1. The van der Waals surface area contributed by atoms with Gasteiger partial charge in [-0.25, -0.2) is 0 Å². The number of furan rings is 1. The lowest BCUT2D eigenvalue weighted by molar-refractivity contribution is 0.102. The summed E-state index contributed by atoms with van der Waals surface area (Å²) in [5, 5.41) is 2.95. The normalized spacial score (nSPS) is 11.0. The Morgan fingerprint density at radius 1 is 1.19 bits per heavy atom. The number of carbonyl (C=O) groups is 1. The standard InChI is InChI=1S/C17H22N2O2/c1-11-12(2)21-13(3)16(11)17(20)18-15-8-6-7-14(9-15)10-19(4)5/h6-9H,10H2,1-5H3,(H,18,20). The minimum absolute atomic E-state index is 0.121. The smallest absolute Gasteiger partial charge is 0.259 e. The maximum Gasteiger partial charge on any atom is 0.259 e. The SMILES string of the molecule is Cc1oc(C)c(C(=O)Nc2cccc(CN(C)C)c2)c1C. The van der Waals surface area contributed by atoms with E-state index in [1.54, 1.807) is 0 Å². The summed E-state index contributed by atoms with van der Waals surface area (Å²) in [6.45, 7) is 6.43. The Hall–Kier alpha value is -2.07. The first-order valence-electron chi connectivity index (χ1n) is 7.00. The van der Waals surface area contributed by atoms with Crippen molar-refractivity contribution in [2.24, 2.45) is 0 Å². The third-order valence-corrected chi connectivity index (χ3v) is 3.47. The minimum atomic E-state index is -0.121. The molecule has 0 aliphatic carbocycles. The van der Waals surface area contributed by atoms with Crippen LogP contribution >= 0.6 is 0 Å². The molecule has 1 aromatic carbocycles. The molecular weight excluding hydrogens is 264 g/mol. The van der Waals surface area contributed by atoms with Gasteiger partial charge in [-0.1, -0.05) is 12.1 Å². The Morgan fingerprint density at radius 2 is 1.90 bits per heavy atom. The van der Waals surface area contributed by atoms with Crippen molar-refractivity contribution in [3.63, 3.8) is 0 Å². The average Bonchev–Trinajstić information content (AvgIpc) is 2.62. The molecule has 4 nitrogen and oxygen atoms in total. The number of hydrogen-bond acceptors (Lipinski definition) is 3. The number of rotatable bonds is 4. The summed E-state index contributed by atoms with van der Waals surface area (Å²) in [7, 11) is 4.04. The van der Waals surface area contributed by atoms with E-state index in [0.29, 0.717) is 11.3 Å². The molecule has 0 bridgehead atoms. The second-order valence-corrected chi connectivity index (χ2v) is 5.61. The van der Waals surface area contributed by atoms with Crippen molar-refractivity contribution in [2.75, 3.05) is 19.4 Å². The quantitative estimate of drug-likeness (QED) is 0.935. The van der Waals surface area contributed by atoms with Crippen LogP contribution < -0.4 is 5.32 Å². The molecule has 0 aliphatic rings. The molecule has 0 unspecified atom stereocenters. The van der Waals surface area contributed by atoms with Gasteiger partial charge in [-0.05, 0) is 52.6 Å². The number of hydrogen-bond donors (Lipinski definition) is 1. The molecule has 21 heavy (non-hydrogen) atoms. The van der Waals surface area contributed by atoms with Crippen LogP contribution in [0.1, 0.15) is 33.0 Å². The maximum atomic E-state index is 12.4. The molecule has 2 rings (SSSR count). The van der Waals surface area contributed by atoms with Gasteiger partial charge >= 0.3 is 0 Å². The lowest BCUT2D eigenvalue weighted by Gasteiger charge is -2.11. The molecule has 0 fully saturated rings. The molecule has 0 aliphatic heterocycles. The van der Waals surface area contributed by atoms with Crippen LogP contribution in [0.25, 0.3) is 0 Å². The highest BCUT2D eigenvalue weighted by Gasteiger charge is 2.18. The van der Waals surface area contributed by atoms with Crippen LogP contribution in [0.15, 0.2) is 28.7 Å². The first-order chi connectivity index (χ1) is 9.88. The van der Waals surface area contributed by atoms with E-state index in [9.17, 15) is 4.79 Å². The first kappa shape index (κ1) is 15.3. The van der Waals surface area contributed by atoms with Crippen LogP contribution in [0.5, 0.6) is 0 Å². The molecule has 1 aromatic heterocycles. The van der Waals surface area contributed by atoms with Crippen molar-refractivity contribution < 1.29 is 9.21 Å². The van der Waals surface area contributed by atoms with E-state index in [1.807, 2.05) is 59.1 Å². The van der Waals surface area contributed by atoms with Crippen molar-refractivity contribution >= 4 is 11.6 Å². The summed E-state index contributed by atoms with van der Waals surface area (Å²) in [5.74, 6) is 1.33. The minimum Gasteiger partial charge on any atom is -0.466 e. The van der Waals surface area contributed by atoms with Crippen LogP contribution in [-0.2, 0) is 6.54 Å². The molecule has 0 atom stereocenters. The molecule has 0 spiro atoms. The van der Waals surface area contributed by atoms with E-state index >= 15 is 0 Å². The summed E-state index contributed by atoms with van der Waals surface area (Å²) in [4.78, 5) is 14.5. The molecule has 1 heterocycles. The zero-order valence-corrected chi connectivity index (χ0v) is 13.3. The summed E-state index contributed by atoms with van der Waals surface area (Å²) in [5.41, 5.74) is 3.49. The number of nitrogens with one attached hydrogen (secondary N) is 1. The van der Waals surface area contributed by atoms with Crippen LogP contribution in [0.4, 0.5) is 5.69 Å². The highest BCUT2D eigenvalue weighted by molar-refractivity contribution is 6.06. The van der Waals surface area contributed by atoms with Gasteiger partial charge in [0.2, 0.25) is 0 Å². The number of aryl methyl sites for hydroxylation is 2. The largest absolute Gasteiger partial charge is 0.466 e. The molecule has 1 amide bonds. The van der Waals surface area contributed by atoms with E-state index in [4.69, 9.17) is 4.42 Å². The van der Waals surface area contributed by atoms with Crippen molar-refractivity contribution in [1.29, 1.82) is 0 Å². The number of carbonyl (C=O) groups excluding carboxylic acids is 1. The van der Waals surface area contributed by atoms with Crippen molar-refractivity contribution in [3.05, 3.63) is 52.5 Å². The van der Waals surface area contributed by atoms with E-state index in [-0.39, 0.29) is 5.91 Å². The Kier molecular flexibility index (Phi) is 4.48. The molecule has 1 N–H and O–H groups in total. The lowest BCUT2D eigenvalue weighted by Crippen LogP contribution is -2.14. The summed E-state index contributed by atoms with van der Waals surface area (Å²) < 4.78 is 5.51. The van der Waals surface area contributed by atoms with Gasteiger partial charge in [-0.15, -0.1) is 0 Å². The van der Waals surface area contributed by atoms with Gasteiger partial charge in [-0.3, -0.25) is 4.79 Å². The van der Waals surface area contributed by atoms with Crippen LogP contribution in [0.2, 0.25) is 0 Å². The van der Waals surface area contributed by atoms with Gasteiger partial charge in [0.05, 0.1) is 5.56 Å². The van der Waals surface area contributed by atoms with Gasteiger partial charge in [0, 0.05) is 17.8 Å². The zero-order valence-electron chi connectivity index (χ0n) is 13.3. The number of nitrogens with zero attached hydrogens (tertiary/aromatic N) is 1. The summed E-state index contributed by atoms with van der Waals surface area (Å²) in [6, 6.07) is 7.90. The predicted molar refractivity (Wildman–Crippen MR) is 84.7 cm³/mol. The number of amides is 1. The second-order valence-electron chi connectivity index (χ2n) is 5.61. The van der Waals surface area contributed by atoms with Gasteiger partial charge in [0.1, 0.15) is 11.5 Å². The molecule has 0 radical (unpaired) electrons. The van der Waals surface area contributed by atoms with E-state index < -0.39 is 0 Å². The first-order valence-corrected chi connectivity index (χ1v) is 7.00. The van der Waals surface area contributed by atoms with Gasteiger partial charge in [0.15, 0.2) is 0 Å². The van der Waals surface area contributed by atoms with E-state index in [1.165, 1.54) is 0 Å². The van der Waals surface area contributed by atoms with Gasteiger partial charge in [-0.2, -0.15) is 0 Å². The Morgan fingerprint density at radius 3 is 2.48 bits per heavy atom. The lowest BCUT2D eigenvalue weighted by atomic mass is 10.1. The topological polar surface area (TPSA) is 45.5 Å². The fourth-order valence-corrected chi connectivity index (χ4v) is 2.43. The van der Waals surface area contributed by atoms with Crippen molar-refractivity contribution in [1.82, 2.24) is 4.90 Å². The monoisotopic (exact) mass is 286 g/mol. The van der Waals surface area contributed by atoms with Crippen LogP contribution in [0, 0.1) is 20.8 Å². The molecule has 0 saturated carbocycles. The second kappa shape index (κ2) is 6.14. The maximum absolute atomic E-state index is 12.4. The molecule has 2 aromatic rings.